The molecule has 16 heavy (non-hydrogen) atoms. The van der Waals surface area contributed by atoms with Crippen LogP contribution in [-0.4, -0.2) is 36.8 Å². The van der Waals surface area contributed by atoms with Crippen LogP contribution in [0.3, 0.4) is 0 Å². The highest BCUT2D eigenvalue weighted by Gasteiger charge is 2.08. The van der Waals surface area contributed by atoms with Gasteiger partial charge in [0.2, 0.25) is 5.95 Å². The molecule has 0 saturated heterocycles. The van der Waals surface area contributed by atoms with Crippen LogP contribution in [0.5, 0.6) is 0 Å². The lowest BCUT2D eigenvalue weighted by Crippen LogP contribution is -2.29. The molecule has 0 bridgehead atoms. The van der Waals surface area contributed by atoms with E-state index < -0.39 is 0 Å². The number of aromatic nitrogens is 2. The number of halogens is 1. The van der Waals surface area contributed by atoms with E-state index in [-0.39, 0.29) is 0 Å². The molecule has 0 radical (unpaired) electrons. The molecule has 1 rings (SSSR count). The predicted octanol–water partition coefficient (Wildman–Crippen LogP) is 1.45. The van der Waals surface area contributed by atoms with Gasteiger partial charge in [0.25, 0.3) is 0 Å². The van der Waals surface area contributed by atoms with Gasteiger partial charge in [-0.2, -0.15) is 5.26 Å². The number of anilines is 1. The van der Waals surface area contributed by atoms with Crippen LogP contribution >= 0.6 is 22.6 Å². The van der Waals surface area contributed by atoms with Crippen molar-refractivity contribution in [2.75, 3.05) is 31.7 Å². The van der Waals surface area contributed by atoms with Gasteiger partial charge < -0.3 is 9.64 Å². The highest BCUT2D eigenvalue weighted by atomic mass is 127. The summed E-state index contributed by atoms with van der Waals surface area (Å²) in [6.45, 7) is 1.92. The Kier molecular flexibility index (Phi) is 6.03. The van der Waals surface area contributed by atoms with Crippen LogP contribution in [0.25, 0.3) is 0 Å². The number of nitriles is 1. The Labute approximate surface area is 109 Å². The fourth-order valence-corrected chi connectivity index (χ4v) is 1.45. The maximum absolute atomic E-state index is 8.58. The zero-order valence-corrected chi connectivity index (χ0v) is 11.2. The largest absolute Gasteiger partial charge is 0.383 e. The molecule has 0 unspecified atom stereocenters. The molecule has 0 amide bonds. The molecule has 1 heterocycles. The van der Waals surface area contributed by atoms with Crippen LogP contribution in [0.2, 0.25) is 0 Å². The maximum atomic E-state index is 8.58. The van der Waals surface area contributed by atoms with Crippen molar-refractivity contribution in [1.82, 2.24) is 9.97 Å². The van der Waals surface area contributed by atoms with E-state index >= 15 is 0 Å². The van der Waals surface area contributed by atoms with Crippen molar-refractivity contribution < 1.29 is 4.74 Å². The van der Waals surface area contributed by atoms with Crippen LogP contribution < -0.4 is 4.90 Å². The second-order valence-corrected chi connectivity index (χ2v) is 4.33. The van der Waals surface area contributed by atoms with Gasteiger partial charge in [0, 0.05) is 36.2 Å². The highest BCUT2D eigenvalue weighted by Crippen LogP contribution is 2.08. The lowest BCUT2D eigenvalue weighted by molar-refractivity contribution is 0.205. The van der Waals surface area contributed by atoms with Gasteiger partial charge in [-0.15, -0.1) is 0 Å². The Morgan fingerprint density at radius 1 is 1.44 bits per heavy atom. The average Bonchev–Trinajstić information content (AvgIpc) is 2.31. The van der Waals surface area contributed by atoms with Crippen LogP contribution in [0.4, 0.5) is 5.95 Å². The fraction of sp³-hybridized carbons (Fsp3) is 0.500. The normalized spacial score (nSPS) is 9.81. The summed E-state index contributed by atoms with van der Waals surface area (Å²) in [6, 6.07) is 2.12. The zero-order valence-electron chi connectivity index (χ0n) is 9.06. The molecular formula is C10H13IN4O. The van der Waals surface area contributed by atoms with Crippen LogP contribution in [-0.2, 0) is 4.74 Å². The smallest absolute Gasteiger partial charge is 0.225 e. The van der Waals surface area contributed by atoms with E-state index in [1.165, 1.54) is 0 Å². The summed E-state index contributed by atoms with van der Waals surface area (Å²) >= 11 is 2.16. The van der Waals surface area contributed by atoms with Crippen molar-refractivity contribution in [2.45, 2.75) is 6.42 Å². The molecule has 86 valence electrons. The topological polar surface area (TPSA) is 62.0 Å². The molecule has 0 aromatic carbocycles. The minimum atomic E-state index is 0.457. The fourth-order valence-electron chi connectivity index (χ4n) is 1.17. The number of nitrogens with zero attached hydrogens (tertiary/aromatic N) is 4. The first-order valence-corrected chi connectivity index (χ1v) is 5.94. The minimum Gasteiger partial charge on any atom is -0.383 e. The monoisotopic (exact) mass is 332 g/mol. The molecule has 0 atom stereocenters. The molecule has 0 saturated carbocycles. The second-order valence-electron chi connectivity index (χ2n) is 3.09. The third-order valence-corrected chi connectivity index (χ3v) is 2.51. The van der Waals surface area contributed by atoms with Crippen molar-refractivity contribution >= 4 is 28.5 Å². The summed E-state index contributed by atoms with van der Waals surface area (Å²) in [7, 11) is 1.65. The van der Waals surface area contributed by atoms with Gasteiger partial charge in [0.05, 0.1) is 19.1 Å². The molecule has 1 aromatic heterocycles. The van der Waals surface area contributed by atoms with Crippen LogP contribution in [0.15, 0.2) is 12.4 Å². The van der Waals surface area contributed by atoms with Crippen LogP contribution in [0.1, 0.15) is 6.42 Å². The van der Waals surface area contributed by atoms with E-state index in [0.29, 0.717) is 32.1 Å². The van der Waals surface area contributed by atoms with Crippen molar-refractivity contribution in [3.63, 3.8) is 0 Å². The number of hydrogen-bond donors (Lipinski definition) is 0. The van der Waals surface area contributed by atoms with E-state index in [1.54, 1.807) is 19.5 Å². The van der Waals surface area contributed by atoms with Gasteiger partial charge >= 0.3 is 0 Å². The van der Waals surface area contributed by atoms with Crippen molar-refractivity contribution in [3.8, 4) is 6.07 Å². The molecule has 0 aliphatic carbocycles. The Morgan fingerprint density at radius 3 is 2.69 bits per heavy atom. The molecule has 0 aliphatic rings. The lowest BCUT2D eigenvalue weighted by atomic mass is 10.4. The average molecular weight is 332 g/mol. The minimum absolute atomic E-state index is 0.457. The summed E-state index contributed by atoms with van der Waals surface area (Å²) in [5.41, 5.74) is 0. The number of hydrogen-bond acceptors (Lipinski definition) is 5. The molecule has 0 spiro atoms. The van der Waals surface area contributed by atoms with E-state index in [2.05, 4.69) is 38.6 Å². The quantitative estimate of drug-likeness (QED) is 0.738. The molecule has 0 fully saturated rings. The van der Waals surface area contributed by atoms with Gasteiger partial charge in [-0.25, -0.2) is 9.97 Å². The molecule has 0 aliphatic heterocycles. The van der Waals surface area contributed by atoms with Gasteiger partial charge in [-0.05, 0) is 22.6 Å². The molecule has 1 aromatic rings. The zero-order chi connectivity index (χ0) is 11.8. The maximum Gasteiger partial charge on any atom is 0.225 e. The van der Waals surface area contributed by atoms with Gasteiger partial charge in [-0.1, -0.05) is 0 Å². The van der Waals surface area contributed by atoms with Crippen molar-refractivity contribution in [2.24, 2.45) is 0 Å². The molecule has 6 heteroatoms. The van der Waals surface area contributed by atoms with E-state index in [0.717, 1.165) is 3.57 Å². The second kappa shape index (κ2) is 7.35. The predicted molar refractivity (Wildman–Crippen MR) is 69.1 cm³/mol. The third-order valence-electron chi connectivity index (χ3n) is 1.95. The first-order chi connectivity index (χ1) is 7.77. The number of rotatable bonds is 6. The van der Waals surface area contributed by atoms with E-state index in [4.69, 9.17) is 10.00 Å². The van der Waals surface area contributed by atoms with Gasteiger partial charge in [0.15, 0.2) is 0 Å². The first kappa shape index (κ1) is 13.1. The molecule has 0 N–H and O–H groups in total. The first-order valence-electron chi connectivity index (χ1n) is 4.86. The molecular weight excluding hydrogens is 319 g/mol. The van der Waals surface area contributed by atoms with E-state index in [9.17, 15) is 0 Å². The summed E-state index contributed by atoms with van der Waals surface area (Å²) < 4.78 is 6.01. The SMILES string of the molecule is COCCN(CCC#N)c1ncc(I)cn1. The third kappa shape index (κ3) is 4.28. The van der Waals surface area contributed by atoms with Crippen molar-refractivity contribution in [3.05, 3.63) is 16.0 Å². The number of ether oxygens (including phenoxy) is 1. The Balaban J connectivity index is 2.67. The Hall–Kier alpha value is -0.940. The summed E-state index contributed by atoms with van der Waals surface area (Å²) in [5.74, 6) is 0.646. The van der Waals surface area contributed by atoms with Crippen molar-refractivity contribution in [1.29, 1.82) is 5.26 Å². The summed E-state index contributed by atoms with van der Waals surface area (Å²) in [4.78, 5) is 10.4. The lowest BCUT2D eigenvalue weighted by Gasteiger charge is -2.20. The standard InChI is InChI=1S/C10H13IN4O/c1-16-6-5-15(4-2-3-12)10-13-7-9(11)8-14-10/h7-8H,2,4-6H2,1H3. The van der Waals surface area contributed by atoms with Gasteiger partial charge in [-0.3, -0.25) is 0 Å². The Bertz CT molecular complexity index is 349. The van der Waals surface area contributed by atoms with Crippen LogP contribution in [0, 0.1) is 14.9 Å². The summed E-state index contributed by atoms with van der Waals surface area (Å²) in [6.07, 6.45) is 3.98. The molecule has 5 nitrogen and oxygen atoms in total. The number of methoxy groups -OCH3 is 1. The van der Waals surface area contributed by atoms with Gasteiger partial charge in [0.1, 0.15) is 0 Å². The highest BCUT2D eigenvalue weighted by molar-refractivity contribution is 14.1. The Morgan fingerprint density at radius 2 is 2.12 bits per heavy atom. The van der Waals surface area contributed by atoms with E-state index in [1.807, 2.05) is 4.90 Å². The summed E-state index contributed by atoms with van der Waals surface area (Å²) in [5, 5.41) is 8.58.